The summed E-state index contributed by atoms with van der Waals surface area (Å²) in [5, 5.41) is 0. The number of benzene rings is 2. The molecule has 0 aliphatic carbocycles. The van der Waals surface area contributed by atoms with Gasteiger partial charge in [0.1, 0.15) is 18.6 Å². The van der Waals surface area contributed by atoms with E-state index in [2.05, 4.69) is 6.58 Å². The SMILES string of the molecule is C=CC[C@@H](C[C@@H](OCc1ccc(OC)cc1)[C@@H](C)OCOCc1ccccc1)OC(=O)C(C)(C)/C=C/CC. The monoisotopic (exact) mass is 524 g/mol. The zero-order chi connectivity index (χ0) is 27.8. The van der Waals surface area contributed by atoms with Crippen LogP contribution in [0.5, 0.6) is 5.75 Å². The van der Waals surface area contributed by atoms with Crippen LogP contribution in [-0.4, -0.2) is 38.2 Å². The topological polar surface area (TPSA) is 63.2 Å². The number of ether oxygens (including phenoxy) is 5. The van der Waals surface area contributed by atoms with Crippen molar-refractivity contribution in [2.24, 2.45) is 5.41 Å². The first-order chi connectivity index (χ1) is 18.3. The molecule has 0 saturated carbocycles. The second kappa shape index (κ2) is 16.8. The molecule has 0 amide bonds. The van der Waals surface area contributed by atoms with Gasteiger partial charge in [-0.25, -0.2) is 0 Å². The molecule has 38 heavy (non-hydrogen) atoms. The molecule has 0 aliphatic heterocycles. The van der Waals surface area contributed by atoms with Crippen molar-refractivity contribution in [2.75, 3.05) is 13.9 Å². The van der Waals surface area contributed by atoms with Crippen molar-refractivity contribution in [2.45, 2.75) is 78.5 Å². The Balaban J connectivity index is 2.06. The van der Waals surface area contributed by atoms with Gasteiger partial charge in [-0.2, -0.15) is 0 Å². The lowest BCUT2D eigenvalue weighted by Gasteiger charge is -2.30. The maximum atomic E-state index is 13.0. The highest BCUT2D eigenvalue weighted by atomic mass is 16.7. The Kier molecular flexibility index (Phi) is 13.8. The van der Waals surface area contributed by atoms with Crippen molar-refractivity contribution >= 4 is 5.97 Å². The number of carbonyl (C=O) groups excluding carboxylic acids is 1. The van der Waals surface area contributed by atoms with Gasteiger partial charge < -0.3 is 23.7 Å². The molecule has 0 radical (unpaired) electrons. The molecular formula is C32H44O6. The van der Waals surface area contributed by atoms with Crippen molar-refractivity contribution < 1.29 is 28.5 Å². The number of hydrogen-bond donors (Lipinski definition) is 0. The van der Waals surface area contributed by atoms with E-state index in [1.807, 2.05) is 94.4 Å². The molecule has 2 rings (SSSR count). The van der Waals surface area contributed by atoms with Gasteiger partial charge in [-0.05, 0) is 50.5 Å². The zero-order valence-corrected chi connectivity index (χ0v) is 23.6. The van der Waals surface area contributed by atoms with E-state index in [0.717, 1.165) is 23.3 Å². The first-order valence-corrected chi connectivity index (χ1v) is 13.3. The number of carbonyl (C=O) groups is 1. The van der Waals surface area contributed by atoms with E-state index in [9.17, 15) is 4.79 Å². The standard InChI is InChI=1S/C32H44O6/c1-7-9-20-32(4,5)31(33)38-29(13-8-2)21-30(36-23-27-16-18-28(34-6)19-17-27)25(3)37-24-35-22-26-14-11-10-12-15-26/h8-12,14-20,25,29-30H,2,7,13,21-24H2,1,3-6H3/b20-9+/t25-,29+,30-/m1/s1. The van der Waals surface area contributed by atoms with Crippen LogP contribution < -0.4 is 4.74 Å². The van der Waals surface area contributed by atoms with Gasteiger partial charge in [0.05, 0.1) is 37.9 Å². The largest absolute Gasteiger partial charge is 0.497 e. The highest BCUT2D eigenvalue weighted by Crippen LogP contribution is 2.24. The summed E-state index contributed by atoms with van der Waals surface area (Å²) in [6.07, 6.45) is 6.43. The summed E-state index contributed by atoms with van der Waals surface area (Å²) in [6.45, 7) is 12.5. The van der Waals surface area contributed by atoms with Crippen LogP contribution in [0.15, 0.2) is 79.4 Å². The summed E-state index contributed by atoms with van der Waals surface area (Å²) in [5.41, 5.74) is 1.36. The van der Waals surface area contributed by atoms with E-state index in [4.69, 9.17) is 23.7 Å². The molecule has 0 bridgehead atoms. The lowest BCUT2D eigenvalue weighted by Crippen LogP contribution is -2.36. The predicted molar refractivity (Wildman–Crippen MR) is 151 cm³/mol. The number of rotatable bonds is 18. The summed E-state index contributed by atoms with van der Waals surface area (Å²) in [4.78, 5) is 13.0. The first-order valence-electron chi connectivity index (χ1n) is 13.3. The molecule has 0 unspecified atom stereocenters. The first kappa shape index (κ1) is 31.3. The van der Waals surface area contributed by atoms with E-state index in [1.165, 1.54) is 0 Å². The second-order valence-corrected chi connectivity index (χ2v) is 9.84. The summed E-state index contributed by atoms with van der Waals surface area (Å²) in [5.74, 6) is 0.512. The molecule has 6 nitrogen and oxygen atoms in total. The van der Waals surface area contributed by atoms with Gasteiger partial charge in [0.2, 0.25) is 0 Å². The third kappa shape index (κ3) is 11.2. The zero-order valence-electron chi connectivity index (χ0n) is 23.6. The van der Waals surface area contributed by atoms with Crippen molar-refractivity contribution in [3.63, 3.8) is 0 Å². The van der Waals surface area contributed by atoms with Crippen molar-refractivity contribution in [3.8, 4) is 5.75 Å². The van der Waals surface area contributed by atoms with Gasteiger partial charge in [-0.1, -0.05) is 67.6 Å². The molecule has 0 saturated heterocycles. The van der Waals surface area contributed by atoms with Gasteiger partial charge in [0.15, 0.2) is 0 Å². The Morgan fingerprint density at radius 1 is 1.00 bits per heavy atom. The maximum Gasteiger partial charge on any atom is 0.315 e. The molecule has 6 heteroatoms. The normalized spacial score (nSPS) is 14.1. The van der Waals surface area contributed by atoms with Crippen LogP contribution in [0.1, 0.15) is 58.1 Å². The molecule has 2 aromatic carbocycles. The lowest BCUT2D eigenvalue weighted by atomic mass is 9.92. The van der Waals surface area contributed by atoms with E-state index >= 15 is 0 Å². The quantitative estimate of drug-likeness (QED) is 0.0903. The molecular weight excluding hydrogens is 480 g/mol. The minimum Gasteiger partial charge on any atom is -0.497 e. The van der Waals surface area contributed by atoms with Crippen LogP contribution in [0.3, 0.4) is 0 Å². The van der Waals surface area contributed by atoms with Crippen molar-refractivity contribution in [3.05, 3.63) is 90.5 Å². The average Bonchev–Trinajstić information content (AvgIpc) is 2.93. The molecule has 208 valence electrons. The fourth-order valence-corrected chi connectivity index (χ4v) is 3.74. The minimum absolute atomic E-state index is 0.124. The summed E-state index contributed by atoms with van der Waals surface area (Å²) < 4.78 is 29.3. The molecule has 0 N–H and O–H groups in total. The van der Waals surface area contributed by atoms with Crippen molar-refractivity contribution in [1.29, 1.82) is 0 Å². The van der Waals surface area contributed by atoms with E-state index in [0.29, 0.717) is 26.1 Å². The third-order valence-electron chi connectivity index (χ3n) is 6.17. The molecule has 0 aliphatic rings. The molecule has 0 heterocycles. The Morgan fingerprint density at radius 3 is 2.32 bits per heavy atom. The Bertz CT molecular complexity index is 967. The third-order valence-corrected chi connectivity index (χ3v) is 6.17. The van der Waals surface area contributed by atoms with Crippen LogP contribution in [0.2, 0.25) is 0 Å². The summed E-state index contributed by atoms with van der Waals surface area (Å²) in [7, 11) is 1.64. The van der Waals surface area contributed by atoms with E-state index in [-0.39, 0.29) is 25.0 Å². The minimum atomic E-state index is -0.720. The Hall–Kier alpha value is -2.93. The van der Waals surface area contributed by atoms with Crippen LogP contribution in [0.25, 0.3) is 0 Å². The molecule has 3 atom stereocenters. The highest BCUT2D eigenvalue weighted by Gasteiger charge is 2.31. The van der Waals surface area contributed by atoms with Gasteiger partial charge in [-0.3, -0.25) is 4.79 Å². The lowest BCUT2D eigenvalue weighted by molar-refractivity contribution is -0.166. The van der Waals surface area contributed by atoms with Crippen molar-refractivity contribution in [1.82, 2.24) is 0 Å². The van der Waals surface area contributed by atoms with Gasteiger partial charge in [0, 0.05) is 12.8 Å². The van der Waals surface area contributed by atoms with Gasteiger partial charge >= 0.3 is 5.97 Å². The summed E-state index contributed by atoms with van der Waals surface area (Å²) >= 11 is 0. The second-order valence-electron chi connectivity index (χ2n) is 9.84. The van der Waals surface area contributed by atoms with Gasteiger partial charge in [-0.15, -0.1) is 6.58 Å². The highest BCUT2D eigenvalue weighted by molar-refractivity contribution is 5.78. The molecule has 0 aromatic heterocycles. The van der Waals surface area contributed by atoms with Crippen LogP contribution in [0.4, 0.5) is 0 Å². The number of methoxy groups -OCH3 is 1. The number of allylic oxidation sites excluding steroid dienone is 1. The average molecular weight is 525 g/mol. The fourth-order valence-electron chi connectivity index (χ4n) is 3.74. The summed E-state index contributed by atoms with van der Waals surface area (Å²) in [6, 6.07) is 17.7. The molecule has 0 fully saturated rings. The smallest absolute Gasteiger partial charge is 0.315 e. The maximum absolute atomic E-state index is 13.0. The number of hydrogen-bond acceptors (Lipinski definition) is 6. The Morgan fingerprint density at radius 2 is 1.68 bits per heavy atom. The van der Waals surface area contributed by atoms with Crippen LogP contribution in [-0.2, 0) is 37.0 Å². The van der Waals surface area contributed by atoms with E-state index in [1.54, 1.807) is 13.2 Å². The Labute approximate surface area is 228 Å². The predicted octanol–water partition coefficient (Wildman–Crippen LogP) is 7.03. The van der Waals surface area contributed by atoms with Gasteiger partial charge in [0.25, 0.3) is 0 Å². The number of esters is 1. The fraction of sp³-hybridized carbons (Fsp3) is 0.469. The van der Waals surface area contributed by atoms with E-state index < -0.39 is 11.5 Å². The van der Waals surface area contributed by atoms with Crippen LogP contribution >= 0.6 is 0 Å². The molecule has 0 spiro atoms. The molecule has 2 aromatic rings. The van der Waals surface area contributed by atoms with Crippen LogP contribution in [0, 0.1) is 5.41 Å².